The Labute approximate surface area is 155 Å². The monoisotopic (exact) mass is 358 g/mol. The van der Waals surface area contributed by atoms with Crippen LogP contribution in [0, 0.1) is 5.92 Å². The van der Waals surface area contributed by atoms with Crippen LogP contribution in [0.25, 0.3) is 0 Å². The molecule has 1 amide bonds. The van der Waals surface area contributed by atoms with E-state index in [4.69, 9.17) is 0 Å². The number of hydrogen-bond donors (Lipinski definition) is 0. The predicted molar refractivity (Wildman–Crippen MR) is 99.9 cm³/mol. The molecule has 0 unspecified atom stereocenters. The van der Waals surface area contributed by atoms with E-state index in [9.17, 15) is 4.79 Å². The van der Waals surface area contributed by atoms with Gasteiger partial charge in [-0.3, -0.25) is 9.48 Å². The molecule has 0 radical (unpaired) electrons. The maximum Gasteiger partial charge on any atom is 0.272 e. The Morgan fingerprint density at radius 2 is 2.00 bits per heavy atom. The van der Waals surface area contributed by atoms with E-state index in [1.807, 2.05) is 22.7 Å². The van der Waals surface area contributed by atoms with Gasteiger partial charge in [-0.2, -0.15) is 5.10 Å². The van der Waals surface area contributed by atoms with Crippen molar-refractivity contribution >= 4 is 5.91 Å². The van der Waals surface area contributed by atoms with Crippen LogP contribution in [0.4, 0.5) is 0 Å². The molecule has 2 aromatic heterocycles. The van der Waals surface area contributed by atoms with Crippen LogP contribution in [0.2, 0.25) is 0 Å². The summed E-state index contributed by atoms with van der Waals surface area (Å²) >= 11 is 0. The highest BCUT2D eigenvalue weighted by atomic mass is 16.2. The van der Waals surface area contributed by atoms with Crippen molar-refractivity contribution in [1.29, 1.82) is 0 Å². The van der Waals surface area contributed by atoms with Crippen LogP contribution in [0.1, 0.15) is 68.0 Å². The minimum Gasteiger partial charge on any atom is -0.337 e. The third-order valence-corrected chi connectivity index (χ3v) is 4.96. The van der Waals surface area contributed by atoms with E-state index < -0.39 is 0 Å². The lowest BCUT2D eigenvalue weighted by molar-refractivity contribution is 0.0678. The second kappa shape index (κ2) is 8.01. The van der Waals surface area contributed by atoms with E-state index >= 15 is 0 Å². The van der Waals surface area contributed by atoms with Crippen LogP contribution in [0.15, 0.2) is 12.3 Å². The first-order valence-electron chi connectivity index (χ1n) is 9.70. The van der Waals surface area contributed by atoms with Crippen molar-refractivity contribution in [1.82, 2.24) is 29.7 Å². The first-order chi connectivity index (χ1) is 12.5. The normalized spacial score (nSPS) is 15.8. The number of carbonyl (C=O) groups excluding carboxylic acids is 1. The van der Waals surface area contributed by atoms with Gasteiger partial charge in [0.1, 0.15) is 5.69 Å². The maximum atomic E-state index is 12.8. The molecular formula is C19H30N6O. The fourth-order valence-electron chi connectivity index (χ4n) is 3.60. The van der Waals surface area contributed by atoms with Gasteiger partial charge < -0.3 is 4.90 Å². The summed E-state index contributed by atoms with van der Waals surface area (Å²) in [7, 11) is 1.85. The van der Waals surface area contributed by atoms with Gasteiger partial charge in [0.15, 0.2) is 0 Å². The summed E-state index contributed by atoms with van der Waals surface area (Å²) in [5.41, 5.74) is 2.73. The van der Waals surface area contributed by atoms with Crippen LogP contribution >= 0.6 is 0 Å². The van der Waals surface area contributed by atoms with E-state index in [1.54, 1.807) is 4.68 Å². The smallest absolute Gasteiger partial charge is 0.272 e. The molecule has 0 atom stereocenters. The molecule has 1 aliphatic heterocycles. The first kappa shape index (κ1) is 18.6. The number of aromatic nitrogens is 5. The van der Waals surface area contributed by atoms with E-state index in [0.717, 1.165) is 56.6 Å². The van der Waals surface area contributed by atoms with Crippen molar-refractivity contribution in [3.05, 3.63) is 29.3 Å². The molecule has 0 aromatic carbocycles. The van der Waals surface area contributed by atoms with E-state index in [2.05, 4.69) is 42.4 Å². The van der Waals surface area contributed by atoms with Crippen LogP contribution in [-0.2, 0) is 19.9 Å². The van der Waals surface area contributed by atoms with Crippen molar-refractivity contribution in [2.75, 3.05) is 13.1 Å². The van der Waals surface area contributed by atoms with Crippen molar-refractivity contribution in [2.24, 2.45) is 13.0 Å². The summed E-state index contributed by atoms with van der Waals surface area (Å²) in [6, 6.07) is 2.27. The number of carbonyl (C=O) groups is 1. The molecule has 1 fully saturated rings. The third kappa shape index (κ3) is 4.14. The zero-order chi connectivity index (χ0) is 18.7. The van der Waals surface area contributed by atoms with Crippen molar-refractivity contribution in [3.63, 3.8) is 0 Å². The molecule has 7 nitrogen and oxygen atoms in total. The molecule has 2 aromatic rings. The van der Waals surface area contributed by atoms with Gasteiger partial charge in [-0.25, -0.2) is 4.68 Å². The van der Waals surface area contributed by atoms with Gasteiger partial charge in [-0.15, -0.1) is 5.10 Å². The van der Waals surface area contributed by atoms with Crippen LogP contribution < -0.4 is 0 Å². The maximum absolute atomic E-state index is 12.8. The molecule has 142 valence electrons. The zero-order valence-electron chi connectivity index (χ0n) is 16.4. The number of aryl methyl sites for hydroxylation is 2. The second-order valence-corrected chi connectivity index (χ2v) is 7.71. The van der Waals surface area contributed by atoms with Crippen LogP contribution in [-0.4, -0.2) is 48.7 Å². The molecule has 7 heteroatoms. The second-order valence-electron chi connectivity index (χ2n) is 7.71. The third-order valence-electron chi connectivity index (χ3n) is 4.96. The van der Waals surface area contributed by atoms with Crippen molar-refractivity contribution in [2.45, 2.75) is 58.9 Å². The average Bonchev–Trinajstić information content (AvgIpc) is 3.21. The highest BCUT2D eigenvalue weighted by molar-refractivity contribution is 5.92. The molecule has 0 N–H and O–H groups in total. The standard InChI is InChI=1S/C19H30N6O/c1-5-6-15-12-18(23(4)21-15)19(26)24-9-7-17(8-10-24)25-13-16(20-22-25)11-14(2)3/h12-14,17H,5-11H2,1-4H3. The fourth-order valence-corrected chi connectivity index (χ4v) is 3.60. The minimum absolute atomic E-state index is 0.0832. The fraction of sp³-hybridized carbons (Fsp3) is 0.684. The molecule has 1 aliphatic rings. The Morgan fingerprint density at radius 1 is 1.27 bits per heavy atom. The zero-order valence-corrected chi connectivity index (χ0v) is 16.4. The summed E-state index contributed by atoms with van der Waals surface area (Å²) in [6.07, 6.45) is 6.80. The van der Waals surface area contributed by atoms with Gasteiger partial charge >= 0.3 is 0 Å². The van der Waals surface area contributed by atoms with Crippen LogP contribution in [0.3, 0.4) is 0 Å². The SMILES string of the molecule is CCCc1cc(C(=O)N2CCC(n3cc(CC(C)C)nn3)CC2)n(C)n1. The molecule has 3 rings (SSSR count). The number of hydrogen-bond acceptors (Lipinski definition) is 4. The molecule has 0 saturated carbocycles. The topological polar surface area (TPSA) is 68.8 Å². The molecule has 3 heterocycles. The predicted octanol–water partition coefficient (Wildman–Crippen LogP) is 2.64. The summed E-state index contributed by atoms with van der Waals surface area (Å²) in [5, 5.41) is 13.0. The highest BCUT2D eigenvalue weighted by Crippen LogP contribution is 2.23. The lowest BCUT2D eigenvalue weighted by atomic mass is 10.0. The lowest BCUT2D eigenvalue weighted by Gasteiger charge is -2.31. The number of amides is 1. The largest absolute Gasteiger partial charge is 0.337 e. The van der Waals surface area contributed by atoms with Crippen LogP contribution in [0.5, 0.6) is 0 Å². The Hall–Kier alpha value is -2.18. The Kier molecular flexibility index (Phi) is 5.74. The summed E-state index contributed by atoms with van der Waals surface area (Å²) < 4.78 is 3.71. The van der Waals surface area contributed by atoms with E-state index in [-0.39, 0.29) is 5.91 Å². The molecule has 1 saturated heterocycles. The van der Waals surface area contributed by atoms with Gasteiger partial charge in [-0.1, -0.05) is 32.4 Å². The average molecular weight is 358 g/mol. The Bertz CT molecular complexity index is 739. The Balaban J connectivity index is 1.59. The van der Waals surface area contributed by atoms with Gasteiger partial charge in [-0.05, 0) is 37.7 Å². The molecule has 0 aliphatic carbocycles. The molecule has 26 heavy (non-hydrogen) atoms. The number of piperidine rings is 1. The summed E-state index contributed by atoms with van der Waals surface area (Å²) in [5.74, 6) is 0.663. The van der Waals surface area contributed by atoms with E-state index in [0.29, 0.717) is 17.7 Å². The van der Waals surface area contributed by atoms with Crippen molar-refractivity contribution in [3.8, 4) is 0 Å². The number of nitrogens with zero attached hydrogens (tertiary/aromatic N) is 6. The summed E-state index contributed by atoms with van der Waals surface area (Å²) in [4.78, 5) is 14.8. The van der Waals surface area contributed by atoms with Gasteiger partial charge in [0.05, 0.1) is 17.4 Å². The van der Waals surface area contributed by atoms with Gasteiger partial charge in [0.2, 0.25) is 0 Å². The minimum atomic E-state index is 0.0832. The van der Waals surface area contributed by atoms with E-state index in [1.165, 1.54) is 0 Å². The van der Waals surface area contributed by atoms with Gasteiger partial charge in [0.25, 0.3) is 5.91 Å². The quantitative estimate of drug-likeness (QED) is 0.796. The molecule has 0 spiro atoms. The molecular weight excluding hydrogens is 328 g/mol. The lowest BCUT2D eigenvalue weighted by Crippen LogP contribution is -2.39. The number of rotatable bonds is 6. The summed E-state index contributed by atoms with van der Waals surface area (Å²) in [6.45, 7) is 7.99. The molecule has 0 bridgehead atoms. The van der Waals surface area contributed by atoms with Crippen molar-refractivity contribution < 1.29 is 4.79 Å². The highest BCUT2D eigenvalue weighted by Gasteiger charge is 2.27. The first-order valence-corrected chi connectivity index (χ1v) is 9.70. The Morgan fingerprint density at radius 3 is 2.65 bits per heavy atom. The van der Waals surface area contributed by atoms with Gasteiger partial charge in [0, 0.05) is 26.3 Å². The number of likely N-dealkylation sites (tertiary alicyclic amines) is 1.